The molecule has 2 aromatic rings. The first kappa shape index (κ1) is 20.2. The quantitative estimate of drug-likeness (QED) is 0.415. The van der Waals surface area contributed by atoms with Crippen LogP contribution in [-0.4, -0.2) is 35.8 Å². The fourth-order valence-corrected chi connectivity index (χ4v) is 2.25. The number of amides is 1. The molecular weight excluding hydrogens is 348 g/mol. The van der Waals surface area contributed by atoms with Crippen molar-refractivity contribution in [3.63, 3.8) is 0 Å². The first-order valence-electron chi connectivity index (χ1n) is 8.39. The number of aryl methyl sites for hydroxylation is 1. The molecule has 0 spiro atoms. The second kappa shape index (κ2) is 8.09. The highest BCUT2D eigenvalue weighted by atomic mass is 16.6. The third-order valence-electron chi connectivity index (χ3n) is 3.40. The Hall–Kier alpha value is -3.07. The summed E-state index contributed by atoms with van der Waals surface area (Å²) in [6, 6.07) is 6.95. The van der Waals surface area contributed by atoms with Gasteiger partial charge < -0.3 is 20.1 Å². The summed E-state index contributed by atoms with van der Waals surface area (Å²) in [6.07, 6.45) is -0.692. The highest BCUT2D eigenvalue weighted by molar-refractivity contribution is 5.89. The summed E-state index contributed by atoms with van der Waals surface area (Å²) >= 11 is 0. The molecule has 4 N–H and O–H groups in total. The second-order valence-corrected chi connectivity index (χ2v) is 6.83. The number of aromatic nitrogens is 2. The normalized spacial score (nSPS) is 10.9. The van der Waals surface area contributed by atoms with Crippen molar-refractivity contribution in [3.8, 4) is 5.75 Å². The Morgan fingerprint density at radius 1 is 1.22 bits per heavy atom. The Morgan fingerprint density at radius 3 is 2.52 bits per heavy atom. The molecule has 0 atom stereocenters. The number of nitrogens with two attached hydrogens (primary N) is 1. The Bertz CT molecular complexity index is 819. The highest BCUT2D eigenvalue weighted by Gasteiger charge is 2.23. The van der Waals surface area contributed by atoms with Crippen molar-refractivity contribution in [1.82, 2.24) is 9.97 Å². The third kappa shape index (κ3) is 5.45. The van der Waals surface area contributed by atoms with Crippen LogP contribution < -0.4 is 26.2 Å². The van der Waals surface area contributed by atoms with Gasteiger partial charge in [0.15, 0.2) is 0 Å². The van der Waals surface area contributed by atoms with Crippen LogP contribution in [-0.2, 0) is 4.74 Å². The van der Waals surface area contributed by atoms with Gasteiger partial charge in [-0.2, -0.15) is 4.98 Å². The molecule has 0 unspecified atom stereocenters. The van der Waals surface area contributed by atoms with Crippen LogP contribution in [0, 0.1) is 6.92 Å². The molecule has 9 heteroatoms. The van der Waals surface area contributed by atoms with Crippen molar-refractivity contribution in [3.05, 3.63) is 30.0 Å². The van der Waals surface area contributed by atoms with Crippen LogP contribution in [0.5, 0.6) is 5.75 Å². The standard InChI is InChI=1S/C18H26N6O3/c1-11-9-15(20-5)23-16(21-11)22-12-7-8-14(26-6)13(10-12)24(19)17(25)27-18(2,3)4/h7-10H,19H2,1-6H3,(H2,20,21,22,23). The van der Waals surface area contributed by atoms with Crippen molar-refractivity contribution < 1.29 is 14.3 Å². The largest absolute Gasteiger partial charge is 0.495 e. The van der Waals surface area contributed by atoms with E-state index in [2.05, 4.69) is 20.6 Å². The number of benzene rings is 1. The molecule has 0 fully saturated rings. The molecule has 0 aliphatic carbocycles. The van der Waals surface area contributed by atoms with E-state index >= 15 is 0 Å². The zero-order valence-corrected chi connectivity index (χ0v) is 16.5. The minimum absolute atomic E-state index is 0.346. The summed E-state index contributed by atoms with van der Waals surface area (Å²) in [5, 5.41) is 6.99. The lowest BCUT2D eigenvalue weighted by molar-refractivity contribution is 0.0579. The highest BCUT2D eigenvalue weighted by Crippen LogP contribution is 2.31. The van der Waals surface area contributed by atoms with Gasteiger partial charge in [-0.3, -0.25) is 0 Å². The van der Waals surface area contributed by atoms with E-state index in [9.17, 15) is 4.79 Å². The molecule has 9 nitrogen and oxygen atoms in total. The van der Waals surface area contributed by atoms with E-state index in [0.717, 1.165) is 10.7 Å². The molecule has 0 aliphatic rings. The Morgan fingerprint density at radius 2 is 1.93 bits per heavy atom. The lowest BCUT2D eigenvalue weighted by Crippen LogP contribution is -2.41. The number of nitrogens with zero attached hydrogens (tertiary/aromatic N) is 3. The second-order valence-electron chi connectivity index (χ2n) is 6.83. The first-order valence-corrected chi connectivity index (χ1v) is 8.39. The number of methoxy groups -OCH3 is 1. The fourth-order valence-electron chi connectivity index (χ4n) is 2.25. The summed E-state index contributed by atoms with van der Waals surface area (Å²) in [6.45, 7) is 7.17. The van der Waals surface area contributed by atoms with Crippen molar-refractivity contribution in [2.24, 2.45) is 5.84 Å². The van der Waals surface area contributed by atoms with Crippen LogP contribution in [0.25, 0.3) is 0 Å². The average Bonchev–Trinajstić information content (AvgIpc) is 2.59. The maximum atomic E-state index is 12.3. The third-order valence-corrected chi connectivity index (χ3v) is 3.40. The van der Waals surface area contributed by atoms with Crippen LogP contribution in [0.2, 0.25) is 0 Å². The monoisotopic (exact) mass is 374 g/mol. The number of carbonyl (C=O) groups is 1. The predicted octanol–water partition coefficient (Wildman–Crippen LogP) is 3.19. The summed E-state index contributed by atoms with van der Waals surface area (Å²) in [5.74, 6) is 7.49. The summed E-state index contributed by atoms with van der Waals surface area (Å²) in [7, 11) is 3.28. The molecule has 2 rings (SSSR count). The van der Waals surface area contributed by atoms with E-state index in [-0.39, 0.29) is 0 Å². The number of anilines is 4. The lowest BCUT2D eigenvalue weighted by Gasteiger charge is -2.25. The van der Waals surface area contributed by atoms with Gasteiger partial charge in [-0.25, -0.2) is 20.6 Å². The van der Waals surface area contributed by atoms with Gasteiger partial charge in [-0.15, -0.1) is 0 Å². The average molecular weight is 374 g/mol. The van der Waals surface area contributed by atoms with Crippen molar-refractivity contribution in [2.45, 2.75) is 33.3 Å². The molecule has 1 aromatic carbocycles. The summed E-state index contributed by atoms with van der Waals surface area (Å²) in [5.41, 5.74) is 1.12. The topological polar surface area (TPSA) is 115 Å². The molecule has 27 heavy (non-hydrogen) atoms. The molecule has 0 aliphatic heterocycles. The van der Waals surface area contributed by atoms with Crippen molar-refractivity contribution in [1.29, 1.82) is 0 Å². The maximum absolute atomic E-state index is 12.3. The van der Waals surface area contributed by atoms with E-state index in [1.807, 2.05) is 13.0 Å². The van der Waals surface area contributed by atoms with Gasteiger partial charge in [0.05, 0.1) is 7.11 Å². The smallest absolute Gasteiger partial charge is 0.429 e. The SMILES string of the molecule is CNc1cc(C)nc(Nc2ccc(OC)c(N(N)C(=O)OC(C)(C)C)c2)n1. The van der Waals surface area contributed by atoms with Gasteiger partial charge in [0.2, 0.25) is 5.95 Å². The number of nitrogens with one attached hydrogen (secondary N) is 2. The van der Waals surface area contributed by atoms with E-state index in [4.69, 9.17) is 15.3 Å². The fraction of sp³-hybridized carbons (Fsp3) is 0.389. The number of hydrogen-bond acceptors (Lipinski definition) is 8. The molecule has 1 heterocycles. The molecule has 0 saturated heterocycles. The van der Waals surface area contributed by atoms with Crippen molar-refractivity contribution in [2.75, 3.05) is 29.8 Å². The van der Waals surface area contributed by atoms with Gasteiger partial charge >= 0.3 is 6.09 Å². The molecule has 0 radical (unpaired) electrons. The Kier molecular flexibility index (Phi) is 6.06. The number of rotatable bonds is 5. The first-order chi connectivity index (χ1) is 12.6. The van der Waals surface area contributed by atoms with Gasteiger partial charge in [-0.1, -0.05) is 0 Å². The van der Waals surface area contributed by atoms with Gasteiger partial charge in [-0.05, 0) is 45.9 Å². The molecule has 146 valence electrons. The van der Waals surface area contributed by atoms with Crippen LogP contribution in [0.15, 0.2) is 24.3 Å². The van der Waals surface area contributed by atoms with Gasteiger partial charge in [0.1, 0.15) is 22.9 Å². The summed E-state index contributed by atoms with van der Waals surface area (Å²) in [4.78, 5) is 21.0. The van der Waals surface area contributed by atoms with E-state index in [0.29, 0.717) is 28.9 Å². The van der Waals surface area contributed by atoms with Crippen LogP contribution >= 0.6 is 0 Å². The molecule has 0 saturated carbocycles. The van der Waals surface area contributed by atoms with Gasteiger partial charge in [0.25, 0.3) is 0 Å². The number of hydrogen-bond donors (Lipinski definition) is 3. The molecular formula is C18H26N6O3. The lowest BCUT2D eigenvalue weighted by atomic mass is 10.2. The number of ether oxygens (including phenoxy) is 2. The van der Waals surface area contributed by atoms with Crippen LogP contribution in [0.1, 0.15) is 26.5 Å². The minimum atomic E-state index is -0.692. The maximum Gasteiger partial charge on any atom is 0.429 e. The Labute approximate surface area is 158 Å². The van der Waals surface area contributed by atoms with Crippen LogP contribution in [0.3, 0.4) is 0 Å². The predicted molar refractivity (Wildman–Crippen MR) is 105 cm³/mol. The number of hydrazine groups is 1. The van der Waals surface area contributed by atoms with Gasteiger partial charge in [0, 0.05) is 24.5 Å². The van der Waals surface area contributed by atoms with E-state index in [1.54, 1.807) is 46.0 Å². The Balaban J connectivity index is 2.32. The number of carbonyl (C=O) groups excluding carboxylic acids is 1. The van der Waals surface area contributed by atoms with Crippen LogP contribution in [0.4, 0.5) is 27.9 Å². The molecule has 1 aromatic heterocycles. The molecule has 0 bridgehead atoms. The summed E-state index contributed by atoms with van der Waals surface area (Å²) < 4.78 is 10.6. The zero-order valence-electron chi connectivity index (χ0n) is 16.5. The van der Waals surface area contributed by atoms with E-state index < -0.39 is 11.7 Å². The van der Waals surface area contributed by atoms with E-state index in [1.165, 1.54) is 7.11 Å². The minimum Gasteiger partial charge on any atom is -0.495 e. The van der Waals surface area contributed by atoms with Crippen molar-refractivity contribution >= 4 is 29.2 Å². The zero-order chi connectivity index (χ0) is 20.2. The molecule has 1 amide bonds.